The number of nitrogens with one attached hydrogen (secondary N) is 1. The molecule has 1 aromatic carbocycles. The van der Waals surface area contributed by atoms with E-state index in [2.05, 4.69) is 22.0 Å². The largest absolute Gasteiger partial charge is 0.479 e. The van der Waals surface area contributed by atoms with E-state index in [0.29, 0.717) is 6.54 Å². The minimum Gasteiger partial charge on any atom is -0.479 e. The summed E-state index contributed by atoms with van der Waals surface area (Å²) < 4.78 is 33.1. The van der Waals surface area contributed by atoms with Crippen LogP contribution in [0.3, 0.4) is 0 Å². The number of hydrogen-bond donors (Lipinski definition) is 3. The molecule has 0 saturated carbocycles. The molecule has 0 unspecified atom stereocenters. The van der Waals surface area contributed by atoms with Gasteiger partial charge in [0.25, 0.3) is 5.91 Å². The Morgan fingerprint density at radius 3 is 2.63 bits per heavy atom. The van der Waals surface area contributed by atoms with Gasteiger partial charge in [0.1, 0.15) is 5.82 Å². The average molecular weight is 375 g/mol. The van der Waals surface area contributed by atoms with Crippen molar-refractivity contribution in [1.82, 2.24) is 10.3 Å². The minimum atomic E-state index is -0.779. The first kappa shape index (κ1) is 19.8. The topological polar surface area (TPSA) is 116 Å². The predicted octanol–water partition coefficient (Wildman–Crippen LogP) is 2.08. The summed E-state index contributed by atoms with van der Waals surface area (Å²) in [4.78, 5) is 19.5. The third-order valence-corrected chi connectivity index (χ3v) is 3.74. The van der Waals surface area contributed by atoms with Crippen LogP contribution in [0.5, 0.6) is 5.88 Å². The molecule has 0 saturated heterocycles. The lowest BCUT2D eigenvalue weighted by molar-refractivity contribution is -0.117. The maximum absolute atomic E-state index is 14.4. The molecule has 0 radical (unpaired) electrons. The normalized spacial score (nSPS) is 11.6. The molecule has 1 heterocycles. The Labute approximate surface area is 154 Å². The van der Waals surface area contributed by atoms with E-state index in [0.717, 1.165) is 12.1 Å². The van der Waals surface area contributed by atoms with Crippen LogP contribution in [0.1, 0.15) is 12.5 Å². The third-order valence-electron chi connectivity index (χ3n) is 3.74. The number of benzene rings is 1. The van der Waals surface area contributed by atoms with Gasteiger partial charge in [-0.25, -0.2) is 13.8 Å². The number of carbonyl (C=O) groups excluding carboxylic acids is 1. The van der Waals surface area contributed by atoms with Crippen LogP contribution in [-0.4, -0.2) is 31.3 Å². The second-order valence-electron chi connectivity index (χ2n) is 5.38. The molecule has 5 N–H and O–H groups in total. The molecular formula is C18H19F2N5O2. The first-order chi connectivity index (χ1) is 12.8. The lowest BCUT2D eigenvalue weighted by Crippen LogP contribution is -2.25. The summed E-state index contributed by atoms with van der Waals surface area (Å²) in [6.07, 6.45) is 1.22. The smallest absolute Gasteiger partial charge is 0.272 e. The summed E-state index contributed by atoms with van der Waals surface area (Å²) >= 11 is 0. The van der Waals surface area contributed by atoms with Crippen molar-refractivity contribution in [2.45, 2.75) is 6.92 Å². The molecule has 1 amide bonds. The quantitative estimate of drug-likeness (QED) is 0.406. The molecule has 0 spiro atoms. The highest BCUT2D eigenvalue weighted by atomic mass is 19.1. The number of halogens is 2. The Balaban J connectivity index is 2.66. The number of nitrogens with two attached hydrogens (primary N) is 2. The maximum atomic E-state index is 14.4. The van der Waals surface area contributed by atoms with Crippen LogP contribution in [-0.2, 0) is 4.79 Å². The fourth-order valence-electron chi connectivity index (χ4n) is 2.48. The third kappa shape index (κ3) is 3.86. The van der Waals surface area contributed by atoms with E-state index in [4.69, 9.17) is 16.2 Å². The number of likely N-dealkylation sites (N-methyl/N-ethyl adjacent to an activating group) is 1. The molecule has 2 aromatic rings. The monoisotopic (exact) mass is 375 g/mol. The van der Waals surface area contributed by atoms with Crippen molar-refractivity contribution < 1.29 is 18.3 Å². The van der Waals surface area contributed by atoms with Gasteiger partial charge in [0.05, 0.1) is 18.5 Å². The van der Waals surface area contributed by atoms with Gasteiger partial charge in [-0.1, -0.05) is 0 Å². The van der Waals surface area contributed by atoms with E-state index in [9.17, 15) is 13.6 Å². The van der Waals surface area contributed by atoms with Gasteiger partial charge >= 0.3 is 0 Å². The minimum absolute atomic E-state index is 0.0864. The first-order valence-electron chi connectivity index (χ1n) is 7.88. The number of methoxy groups -OCH3 is 1. The SMILES string of the molecule is C=N/C(C(=O)NCC)=C(/N)c1ccc(F)c(-c2cnc(OC)c(F)c2)c1N. The van der Waals surface area contributed by atoms with Crippen LogP contribution in [0, 0.1) is 11.6 Å². The number of hydrogen-bond acceptors (Lipinski definition) is 6. The molecule has 0 atom stereocenters. The molecule has 0 bridgehead atoms. The number of aliphatic imine (C=N–C) groups is 1. The average Bonchev–Trinajstić information content (AvgIpc) is 2.62. The first-order valence-corrected chi connectivity index (χ1v) is 7.88. The number of pyridine rings is 1. The van der Waals surface area contributed by atoms with Gasteiger partial charge in [-0.05, 0) is 31.8 Å². The Morgan fingerprint density at radius 2 is 2.07 bits per heavy atom. The lowest BCUT2D eigenvalue weighted by Gasteiger charge is -2.15. The lowest BCUT2D eigenvalue weighted by atomic mass is 9.98. The van der Waals surface area contributed by atoms with E-state index in [1.165, 1.54) is 19.4 Å². The summed E-state index contributed by atoms with van der Waals surface area (Å²) in [6.45, 7) is 5.41. The van der Waals surface area contributed by atoms with Gasteiger partial charge in [-0.15, -0.1) is 0 Å². The number of nitrogen functional groups attached to an aromatic ring is 1. The van der Waals surface area contributed by atoms with Crippen molar-refractivity contribution in [2.75, 3.05) is 19.4 Å². The number of anilines is 1. The number of rotatable bonds is 6. The fraction of sp³-hybridized carbons (Fsp3) is 0.167. The standard InChI is InChI=1S/C18H19F2N5O2/c1-4-24-17(26)16(23-2)15(22)10-5-6-11(19)13(14(10)21)9-7-12(20)18(27-3)25-8-9/h5-8H,2,4,21-22H2,1,3H3,(H,24,26)/b16-15+. The molecule has 2 rings (SSSR count). The number of nitrogens with zero attached hydrogens (tertiary/aromatic N) is 2. The van der Waals surface area contributed by atoms with E-state index < -0.39 is 17.5 Å². The van der Waals surface area contributed by atoms with E-state index in [1.54, 1.807) is 6.92 Å². The van der Waals surface area contributed by atoms with Gasteiger partial charge in [0.2, 0.25) is 5.88 Å². The highest BCUT2D eigenvalue weighted by molar-refractivity contribution is 6.02. The number of carbonyl (C=O) groups is 1. The molecule has 9 heteroatoms. The summed E-state index contributed by atoms with van der Waals surface area (Å²) in [7, 11) is 1.26. The van der Waals surface area contributed by atoms with Crippen LogP contribution in [0.2, 0.25) is 0 Å². The molecule has 0 aliphatic carbocycles. The summed E-state index contributed by atoms with van der Waals surface area (Å²) in [5.74, 6) is -2.27. The van der Waals surface area contributed by atoms with Gasteiger partial charge < -0.3 is 21.5 Å². The van der Waals surface area contributed by atoms with Crippen LogP contribution in [0.15, 0.2) is 35.1 Å². The Hall–Kier alpha value is -3.49. The molecule has 0 aliphatic rings. The second-order valence-corrected chi connectivity index (χ2v) is 5.38. The van der Waals surface area contributed by atoms with Gasteiger partial charge in [0.15, 0.2) is 11.5 Å². The van der Waals surface area contributed by atoms with Crippen LogP contribution in [0.4, 0.5) is 14.5 Å². The van der Waals surface area contributed by atoms with Crippen molar-refractivity contribution in [1.29, 1.82) is 0 Å². The molecule has 27 heavy (non-hydrogen) atoms. The number of ether oxygens (including phenoxy) is 1. The van der Waals surface area contributed by atoms with E-state index in [-0.39, 0.29) is 39.7 Å². The summed E-state index contributed by atoms with van der Waals surface area (Å²) in [6, 6.07) is 3.45. The maximum Gasteiger partial charge on any atom is 0.272 e. The zero-order valence-electron chi connectivity index (χ0n) is 14.8. The van der Waals surface area contributed by atoms with Crippen LogP contribution < -0.4 is 21.5 Å². The van der Waals surface area contributed by atoms with Crippen molar-refractivity contribution in [2.24, 2.45) is 10.7 Å². The second kappa shape index (κ2) is 8.26. The summed E-state index contributed by atoms with van der Waals surface area (Å²) in [5, 5.41) is 2.55. The molecule has 0 aliphatic heterocycles. The highest BCUT2D eigenvalue weighted by Gasteiger charge is 2.20. The van der Waals surface area contributed by atoms with E-state index in [1.807, 2.05) is 0 Å². The highest BCUT2D eigenvalue weighted by Crippen LogP contribution is 2.35. The Bertz CT molecular complexity index is 928. The van der Waals surface area contributed by atoms with Crippen molar-refractivity contribution >= 4 is 24.0 Å². The van der Waals surface area contributed by atoms with Crippen molar-refractivity contribution in [3.8, 4) is 17.0 Å². The molecule has 1 aromatic heterocycles. The zero-order chi connectivity index (χ0) is 20.1. The number of aromatic nitrogens is 1. The summed E-state index contributed by atoms with van der Waals surface area (Å²) in [5.41, 5.74) is 11.9. The van der Waals surface area contributed by atoms with Gasteiger partial charge in [0, 0.05) is 29.4 Å². The van der Waals surface area contributed by atoms with Crippen LogP contribution in [0.25, 0.3) is 16.8 Å². The molecular weight excluding hydrogens is 356 g/mol. The Morgan fingerprint density at radius 1 is 1.37 bits per heavy atom. The van der Waals surface area contributed by atoms with Gasteiger partial charge in [-0.3, -0.25) is 9.79 Å². The predicted molar refractivity (Wildman–Crippen MR) is 99.9 cm³/mol. The fourth-order valence-corrected chi connectivity index (χ4v) is 2.48. The van der Waals surface area contributed by atoms with Crippen LogP contribution >= 0.6 is 0 Å². The van der Waals surface area contributed by atoms with Crippen molar-refractivity contribution in [3.63, 3.8) is 0 Å². The zero-order valence-corrected chi connectivity index (χ0v) is 14.8. The van der Waals surface area contributed by atoms with Crippen molar-refractivity contribution in [3.05, 3.63) is 47.3 Å². The molecule has 142 valence electrons. The van der Waals surface area contributed by atoms with E-state index >= 15 is 0 Å². The van der Waals surface area contributed by atoms with Gasteiger partial charge in [-0.2, -0.15) is 0 Å². The molecule has 0 fully saturated rings. The number of amides is 1. The molecule has 7 nitrogen and oxygen atoms in total. The Kier molecular flexibility index (Phi) is 6.07.